The summed E-state index contributed by atoms with van der Waals surface area (Å²) >= 11 is 0. The van der Waals surface area contributed by atoms with Crippen LogP contribution in [0.1, 0.15) is 27.7 Å². The highest BCUT2D eigenvalue weighted by atomic mass is 16.4. The third-order valence-electron chi connectivity index (χ3n) is 4.26. The molecule has 0 aromatic rings. The Morgan fingerprint density at radius 1 is 1.10 bits per heavy atom. The van der Waals surface area contributed by atoms with Gasteiger partial charge in [0.15, 0.2) is 0 Å². The maximum Gasteiger partial charge on any atom is 0.331 e. The quantitative estimate of drug-likeness (QED) is 0.725. The Labute approximate surface area is 126 Å². The minimum atomic E-state index is -1.05. The summed E-state index contributed by atoms with van der Waals surface area (Å²) in [6.07, 6.45) is 0. The Morgan fingerprint density at radius 2 is 1.62 bits per heavy atom. The second kappa shape index (κ2) is 7.04. The average molecular weight is 297 g/mol. The number of carbonyl (C=O) groups is 2. The molecule has 1 amide bonds. The Morgan fingerprint density at radius 3 is 2.10 bits per heavy atom. The number of rotatable bonds is 5. The van der Waals surface area contributed by atoms with Crippen LogP contribution in [0.4, 0.5) is 0 Å². The zero-order valence-corrected chi connectivity index (χ0v) is 13.7. The number of nitrogens with one attached hydrogen (secondary N) is 1. The molecule has 120 valence electrons. The summed E-state index contributed by atoms with van der Waals surface area (Å²) in [5.74, 6) is -1.36. The molecule has 0 atom stereocenters. The molecule has 0 unspecified atom stereocenters. The fourth-order valence-corrected chi connectivity index (χ4v) is 2.28. The zero-order chi connectivity index (χ0) is 16.2. The number of likely N-dealkylation sites (N-methyl/N-ethyl adjacent to an activating group) is 1. The molecule has 0 aromatic heterocycles. The molecule has 0 aliphatic carbocycles. The molecule has 0 radical (unpaired) electrons. The third kappa shape index (κ3) is 4.82. The van der Waals surface area contributed by atoms with E-state index in [1.807, 2.05) is 0 Å². The lowest BCUT2D eigenvalue weighted by molar-refractivity contribution is -0.133. The molecule has 2 N–H and O–H groups in total. The number of carboxylic acids is 1. The van der Waals surface area contributed by atoms with Crippen molar-refractivity contribution in [1.29, 1.82) is 0 Å². The number of nitrogens with zero attached hydrogens (tertiary/aromatic N) is 2. The molecule has 1 fully saturated rings. The minimum absolute atomic E-state index is 0.0879. The van der Waals surface area contributed by atoms with Crippen molar-refractivity contribution in [3.8, 4) is 0 Å². The smallest absolute Gasteiger partial charge is 0.331 e. The predicted octanol–water partition coefficient (Wildman–Crippen LogP) is 0.550. The van der Waals surface area contributed by atoms with E-state index >= 15 is 0 Å². The van der Waals surface area contributed by atoms with E-state index in [0.29, 0.717) is 6.54 Å². The van der Waals surface area contributed by atoms with Crippen LogP contribution in [0.5, 0.6) is 0 Å². The van der Waals surface area contributed by atoms with Gasteiger partial charge < -0.3 is 15.3 Å². The Hall–Kier alpha value is -1.40. The highest BCUT2D eigenvalue weighted by Crippen LogP contribution is 2.16. The summed E-state index contributed by atoms with van der Waals surface area (Å²) in [5, 5.41) is 11.8. The van der Waals surface area contributed by atoms with Gasteiger partial charge in [0.2, 0.25) is 5.91 Å². The minimum Gasteiger partial charge on any atom is -0.478 e. The van der Waals surface area contributed by atoms with Crippen LogP contribution < -0.4 is 5.32 Å². The van der Waals surface area contributed by atoms with E-state index in [9.17, 15) is 9.59 Å². The first kappa shape index (κ1) is 17.7. The molecule has 1 heterocycles. The molecule has 21 heavy (non-hydrogen) atoms. The zero-order valence-electron chi connectivity index (χ0n) is 13.7. The average Bonchev–Trinajstić information content (AvgIpc) is 2.43. The molecule has 6 nitrogen and oxygen atoms in total. The number of aliphatic carboxylic acids is 1. The first-order valence-corrected chi connectivity index (χ1v) is 7.27. The highest BCUT2D eigenvalue weighted by molar-refractivity contribution is 6.01. The first-order valence-electron chi connectivity index (χ1n) is 7.27. The molecule has 6 heteroatoms. The molecule has 1 aliphatic heterocycles. The van der Waals surface area contributed by atoms with Crippen LogP contribution >= 0.6 is 0 Å². The molecule has 1 saturated heterocycles. The lowest BCUT2D eigenvalue weighted by Crippen LogP contribution is -2.57. The molecule has 0 bridgehead atoms. The van der Waals surface area contributed by atoms with Crippen molar-refractivity contribution in [2.24, 2.45) is 0 Å². The summed E-state index contributed by atoms with van der Waals surface area (Å²) in [4.78, 5) is 27.5. The summed E-state index contributed by atoms with van der Waals surface area (Å²) < 4.78 is 0. The fourth-order valence-electron chi connectivity index (χ4n) is 2.28. The van der Waals surface area contributed by atoms with E-state index in [1.54, 1.807) is 6.92 Å². The molecule has 0 saturated carbocycles. The summed E-state index contributed by atoms with van der Waals surface area (Å²) in [7, 11) is 2.11. The maximum absolute atomic E-state index is 12.0. The standard InChI is InChI=1S/C15H27N3O3/c1-11(12(2)14(20)21)13(19)16-10-15(3,4)18-8-6-17(5)7-9-18/h6-10H2,1-5H3,(H,16,19)(H,20,21). The molecular formula is C15H27N3O3. The van der Waals surface area contributed by atoms with Gasteiger partial charge in [-0.1, -0.05) is 0 Å². The largest absolute Gasteiger partial charge is 0.478 e. The van der Waals surface area contributed by atoms with Crippen molar-refractivity contribution in [3.63, 3.8) is 0 Å². The topological polar surface area (TPSA) is 72.9 Å². The van der Waals surface area contributed by atoms with Crippen LogP contribution in [0.25, 0.3) is 0 Å². The maximum atomic E-state index is 12.0. The van der Waals surface area contributed by atoms with Gasteiger partial charge >= 0.3 is 5.97 Å². The second-order valence-electron chi connectivity index (χ2n) is 6.34. The van der Waals surface area contributed by atoms with Gasteiger partial charge in [0, 0.05) is 49.4 Å². The van der Waals surface area contributed by atoms with Crippen LogP contribution in [-0.2, 0) is 9.59 Å². The van der Waals surface area contributed by atoms with Crippen LogP contribution in [0.2, 0.25) is 0 Å². The fraction of sp³-hybridized carbons (Fsp3) is 0.733. The number of amides is 1. The lowest BCUT2D eigenvalue weighted by atomic mass is 10.0. The van der Waals surface area contributed by atoms with Gasteiger partial charge in [-0.2, -0.15) is 0 Å². The van der Waals surface area contributed by atoms with Crippen molar-refractivity contribution < 1.29 is 14.7 Å². The van der Waals surface area contributed by atoms with Gasteiger partial charge in [-0.3, -0.25) is 9.69 Å². The molecule has 1 aliphatic rings. The number of carboxylic acid groups (broad SMARTS) is 1. The van der Waals surface area contributed by atoms with Crippen molar-refractivity contribution in [2.75, 3.05) is 39.8 Å². The van der Waals surface area contributed by atoms with Crippen molar-refractivity contribution >= 4 is 11.9 Å². The predicted molar refractivity (Wildman–Crippen MR) is 82.2 cm³/mol. The van der Waals surface area contributed by atoms with Crippen LogP contribution in [0, 0.1) is 0 Å². The summed E-state index contributed by atoms with van der Waals surface area (Å²) in [6, 6.07) is 0. The second-order valence-corrected chi connectivity index (χ2v) is 6.34. The van der Waals surface area contributed by atoms with E-state index in [-0.39, 0.29) is 22.6 Å². The molecule has 0 aromatic carbocycles. The van der Waals surface area contributed by atoms with Crippen molar-refractivity contribution in [1.82, 2.24) is 15.1 Å². The molecule has 0 spiro atoms. The van der Waals surface area contributed by atoms with Crippen molar-refractivity contribution in [2.45, 2.75) is 33.2 Å². The lowest BCUT2D eigenvalue weighted by Gasteiger charge is -2.43. The van der Waals surface area contributed by atoms with Gasteiger partial charge in [0.25, 0.3) is 0 Å². The Balaban J connectivity index is 2.59. The van der Waals surface area contributed by atoms with Crippen LogP contribution in [0.15, 0.2) is 11.1 Å². The van der Waals surface area contributed by atoms with E-state index in [1.165, 1.54) is 6.92 Å². The van der Waals surface area contributed by atoms with Gasteiger partial charge in [-0.05, 0) is 34.7 Å². The normalized spacial score (nSPS) is 19.1. The van der Waals surface area contributed by atoms with E-state index in [4.69, 9.17) is 5.11 Å². The Kier molecular flexibility index (Phi) is 5.92. The van der Waals surface area contributed by atoms with E-state index in [2.05, 4.69) is 36.0 Å². The number of piperazine rings is 1. The number of carbonyl (C=O) groups excluding carboxylic acids is 1. The first-order chi connectivity index (χ1) is 9.65. The summed E-state index contributed by atoms with van der Waals surface area (Å²) in [6.45, 7) is 11.7. The SMILES string of the molecule is CC(C(=O)O)=C(C)C(=O)NCC(C)(C)N1CCN(C)CC1. The van der Waals surface area contributed by atoms with Gasteiger partial charge in [0.05, 0.1) is 0 Å². The monoisotopic (exact) mass is 297 g/mol. The van der Waals surface area contributed by atoms with Crippen LogP contribution in [0.3, 0.4) is 0 Å². The van der Waals surface area contributed by atoms with E-state index < -0.39 is 5.97 Å². The van der Waals surface area contributed by atoms with Gasteiger partial charge in [-0.15, -0.1) is 0 Å². The van der Waals surface area contributed by atoms with E-state index in [0.717, 1.165) is 26.2 Å². The van der Waals surface area contributed by atoms with Crippen LogP contribution in [-0.4, -0.2) is 72.1 Å². The highest BCUT2D eigenvalue weighted by Gasteiger charge is 2.29. The molecule has 1 rings (SSSR count). The number of hydrogen-bond acceptors (Lipinski definition) is 4. The van der Waals surface area contributed by atoms with Gasteiger partial charge in [-0.25, -0.2) is 4.79 Å². The Bertz CT molecular complexity index is 435. The van der Waals surface area contributed by atoms with Gasteiger partial charge in [0.1, 0.15) is 0 Å². The van der Waals surface area contributed by atoms with Crippen molar-refractivity contribution in [3.05, 3.63) is 11.1 Å². The molecular weight excluding hydrogens is 270 g/mol. The summed E-state index contributed by atoms with van der Waals surface area (Å²) in [5.41, 5.74) is 0.204. The third-order valence-corrected chi connectivity index (χ3v) is 4.26. The number of hydrogen-bond donors (Lipinski definition) is 2.